The Morgan fingerprint density at radius 1 is 1.29 bits per heavy atom. The maximum absolute atomic E-state index is 5.58. The van der Waals surface area contributed by atoms with Gasteiger partial charge in [-0.15, -0.1) is 0 Å². The lowest BCUT2D eigenvalue weighted by Gasteiger charge is -2.04. The van der Waals surface area contributed by atoms with E-state index < -0.39 is 0 Å². The van der Waals surface area contributed by atoms with E-state index in [1.54, 1.807) is 11.0 Å². The highest BCUT2D eigenvalue weighted by molar-refractivity contribution is 5.22. The van der Waals surface area contributed by atoms with E-state index in [-0.39, 0.29) is 0 Å². The van der Waals surface area contributed by atoms with Crippen molar-refractivity contribution in [2.75, 3.05) is 0 Å². The molecule has 0 aliphatic heterocycles. The highest BCUT2D eigenvalue weighted by Gasteiger charge is 2.00. The van der Waals surface area contributed by atoms with Crippen molar-refractivity contribution < 1.29 is 4.74 Å². The van der Waals surface area contributed by atoms with E-state index in [1.165, 1.54) is 0 Å². The maximum atomic E-state index is 5.58. The molecule has 5 heteroatoms. The maximum Gasteiger partial charge on any atom is 0.176 e. The van der Waals surface area contributed by atoms with E-state index >= 15 is 0 Å². The molecule has 1 aromatic carbocycles. The van der Waals surface area contributed by atoms with E-state index in [2.05, 4.69) is 10.1 Å². The quantitative estimate of drug-likeness (QED) is 0.835. The molecule has 0 spiro atoms. The van der Waals surface area contributed by atoms with Gasteiger partial charge in [0, 0.05) is 13.6 Å². The molecular weight excluding hydrogens is 216 g/mol. The van der Waals surface area contributed by atoms with Crippen LogP contribution in [0.15, 0.2) is 30.6 Å². The molecule has 0 amide bonds. The topological polar surface area (TPSA) is 66.0 Å². The molecule has 1 aromatic heterocycles. The first kappa shape index (κ1) is 11.8. The van der Waals surface area contributed by atoms with E-state index in [0.29, 0.717) is 25.6 Å². The molecule has 17 heavy (non-hydrogen) atoms. The number of benzene rings is 1. The monoisotopic (exact) mass is 232 g/mol. The minimum Gasteiger partial charge on any atom is -0.369 e. The first-order valence-corrected chi connectivity index (χ1v) is 5.48. The van der Waals surface area contributed by atoms with Gasteiger partial charge in [0.05, 0.1) is 6.61 Å². The predicted molar refractivity (Wildman–Crippen MR) is 63.8 cm³/mol. The molecule has 90 valence electrons. The van der Waals surface area contributed by atoms with Gasteiger partial charge in [-0.25, -0.2) is 4.98 Å². The molecule has 0 atom stereocenters. The van der Waals surface area contributed by atoms with Gasteiger partial charge in [-0.1, -0.05) is 24.3 Å². The van der Waals surface area contributed by atoms with Crippen molar-refractivity contribution in [1.82, 2.24) is 14.8 Å². The van der Waals surface area contributed by atoms with Gasteiger partial charge in [0.15, 0.2) is 5.82 Å². The van der Waals surface area contributed by atoms with Crippen LogP contribution >= 0.6 is 0 Å². The Morgan fingerprint density at radius 3 is 2.82 bits per heavy atom. The summed E-state index contributed by atoms with van der Waals surface area (Å²) in [6, 6.07) is 8.06. The molecule has 0 bridgehead atoms. The van der Waals surface area contributed by atoms with Crippen LogP contribution in [0.25, 0.3) is 0 Å². The first-order valence-electron chi connectivity index (χ1n) is 5.48. The van der Waals surface area contributed by atoms with Crippen molar-refractivity contribution in [2.24, 2.45) is 12.8 Å². The van der Waals surface area contributed by atoms with E-state index in [4.69, 9.17) is 10.5 Å². The van der Waals surface area contributed by atoms with Crippen LogP contribution in [0.1, 0.15) is 17.0 Å². The third kappa shape index (κ3) is 3.37. The first-order chi connectivity index (χ1) is 8.28. The fourth-order valence-electron chi connectivity index (χ4n) is 1.56. The molecule has 0 unspecified atom stereocenters. The van der Waals surface area contributed by atoms with Crippen molar-refractivity contribution in [1.29, 1.82) is 0 Å². The highest BCUT2D eigenvalue weighted by Crippen LogP contribution is 2.07. The summed E-state index contributed by atoms with van der Waals surface area (Å²) in [7, 11) is 1.83. The molecule has 1 heterocycles. The Labute approximate surface area is 100 Å². The zero-order chi connectivity index (χ0) is 12.1. The van der Waals surface area contributed by atoms with Crippen LogP contribution in [0.2, 0.25) is 0 Å². The van der Waals surface area contributed by atoms with Crippen molar-refractivity contribution in [3.05, 3.63) is 47.5 Å². The molecule has 0 saturated carbocycles. The predicted octanol–water partition coefficient (Wildman–Crippen LogP) is 0.991. The second-order valence-electron chi connectivity index (χ2n) is 3.85. The van der Waals surface area contributed by atoms with Crippen molar-refractivity contribution in [3.63, 3.8) is 0 Å². The molecule has 5 nitrogen and oxygen atoms in total. The fourth-order valence-corrected chi connectivity index (χ4v) is 1.56. The molecule has 0 saturated heterocycles. The van der Waals surface area contributed by atoms with Crippen molar-refractivity contribution in [2.45, 2.75) is 19.8 Å². The van der Waals surface area contributed by atoms with Gasteiger partial charge >= 0.3 is 0 Å². The largest absolute Gasteiger partial charge is 0.369 e. The standard InChI is InChI=1S/C12H16N4O/c1-16-9-14-12(15-16)8-17-7-11-4-2-3-10(5-11)6-13/h2-5,9H,6-8,13H2,1H3. The number of ether oxygens (including phenoxy) is 1. The third-order valence-electron chi connectivity index (χ3n) is 2.37. The Kier molecular flexibility index (Phi) is 3.85. The summed E-state index contributed by atoms with van der Waals surface area (Å²) in [4.78, 5) is 4.09. The van der Waals surface area contributed by atoms with E-state index in [9.17, 15) is 0 Å². The number of nitrogens with two attached hydrogens (primary N) is 1. The van der Waals surface area contributed by atoms with Gasteiger partial charge in [0.1, 0.15) is 12.9 Å². The summed E-state index contributed by atoms with van der Waals surface area (Å²) < 4.78 is 7.20. The van der Waals surface area contributed by atoms with Gasteiger partial charge in [-0.05, 0) is 11.1 Å². The second-order valence-corrected chi connectivity index (χ2v) is 3.85. The van der Waals surface area contributed by atoms with Gasteiger partial charge < -0.3 is 10.5 Å². The van der Waals surface area contributed by atoms with Crippen LogP contribution in [0, 0.1) is 0 Å². The zero-order valence-corrected chi connectivity index (χ0v) is 9.84. The Hall–Kier alpha value is -1.72. The Balaban J connectivity index is 1.85. The number of hydrogen-bond acceptors (Lipinski definition) is 4. The van der Waals surface area contributed by atoms with Gasteiger partial charge in [0.2, 0.25) is 0 Å². The lowest BCUT2D eigenvalue weighted by molar-refractivity contribution is 0.102. The number of rotatable bonds is 5. The number of hydrogen-bond donors (Lipinski definition) is 1. The number of aryl methyl sites for hydroxylation is 1. The summed E-state index contributed by atoms with van der Waals surface area (Å²) in [5, 5.41) is 4.14. The zero-order valence-electron chi connectivity index (χ0n) is 9.84. The Morgan fingerprint density at radius 2 is 2.12 bits per heavy atom. The van der Waals surface area contributed by atoms with Crippen LogP contribution in [-0.4, -0.2) is 14.8 Å². The second kappa shape index (κ2) is 5.56. The Bertz CT molecular complexity index is 481. The van der Waals surface area contributed by atoms with Crippen molar-refractivity contribution >= 4 is 0 Å². The molecule has 2 N–H and O–H groups in total. The molecule has 0 aliphatic carbocycles. The number of aromatic nitrogens is 3. The van der Waals surface area contributed by atoms with Crippen LogP contribution in [-0.2, 0) is 31.5 Å². The summed E-state index contributed by atoms with van der Waals surface area (Å²) in [6.45, 7) is 1.52. The van der Waals surface area contributed by atoms with Crippen LogP contribution in [0.5, 0.6) is 0 Å². The summed E-state index contributed by atoms with van der Waals surface area (Å²) in [5.74, 6) is 0.697. The van der Waals surface area contributed by atoms with Gasteiger partial charge in [-0.3, -0.25) is 4.68 Å². The van der Waals surface area contributed by atoms with Crippen LogP contribution in [0.3, 0.4) is 0 Å². The van der Waals surface area contributed by atoms with Crippen molar-refractivity contribution in [3.8, 4) is 0 Å². The molecule has 0 fully saturated rings. The number of nitrogens with zero attached hydrogens (tertiary/aromatic N) is 3. The smallest absolute Gasteiger partial charge is 0.176 e. The van der Waals surface area contributed by atoms with Gasteiger partial charge in [-0.2, -0.15) is 5.10 Å². The summed E-state index contributed by atoms with van der Waals surface area (Å²) >= 11 is 0. The molecular formula is C12H16N4O. The molecule has 0 aliphatic rings. The van der Waals surface area contributed by atoms with E-state index in [1.807, 2.05) is 31.3 Å². The lowest BCUT2D eigenvalue weighted by Crippen LogP contribution is -2.00. The average Bonchev–Trinajstić information content (AvgIpc) is 2.75. The highest BCUT2D eigenvalue weighted by atomic mass is 16.5. The SMILES string of the molecule is Cn1cnc(COCc2cccc(CN)c2)n1. The molecule has 2 aromatic rings. The van der Waals surface area contributed by atoms with Crippen LogP contribution in [0.4, 0.5) is 0 Å². The average molecular weight is 232 g/mol. The molecule has 2 rings (SSSR count). The fraction of sp³-hybridized carbons (Fsp3) is 0.333. The van der Waals surface area contributed by atoms with Crippen LogP contribution < -0.4 is 5.73 Å². The van der Waals surface area contributed by atoms with Gasteiger partial charge in [0.25, 0.3) is 0 Å². The summed E-state index contributed by atoms with van der Waals surface area (Å²) in [6.07, 6.45) is 1.66. The van der Waals surface area contributed by atoms with E-state index in [0.717, 1.165) is 11.1 Å². The lowest BCUT2D eigenvalue weighted by atomic mass is 10.1. The normalized spacial score (nSPS) is 10.7. The minimum absolute atomic E-state index is 0.424. The minimum atomic E-state index is 0.424. The third-order valence-corrected chi connectivity index (χ3v) is 2.37. The molecule has 0 radical (unpaired) electrons. The summed E-state index contributed by atoms with van der Waals surface area (Å²) in [5.41, 5.74) is 7.81.